The number of carbonyl (C=O) groups is 1. The molecule has 1 aromatic carbocycles. The molecule has 0 heterocycles. The maximum absolute atomic E-state index is 11.0. The number of hydrogen-bond donors (Lipinski definition) is 2. The molecule has 7 nitrogen and oxygen atoms in total. The minimum absolute atomic E-state index is 0.113. The van der Waals surface area contributed by atoms with Crippen molar-refractivity contribution in [2.24, 2.45) is 11.8 Å². The van der Waals surface area contributed by atoms with E-state index in [0.29, 0.717) is 31.0 Å². The van der Waals surface area contributed by atoms with Crippen molar-refractivity contribution in [2.45, 2.75) is 25.7 Å². The minimum Gasteiger partial charge on any atom is -0.481 e. The molecule has 0 atom stereocenters. The number of anilines is 1. The smallest absolute Gasteiger partial charge is 0.306 e. The van der Waals surface area contributed by atoms with Gasteiger partial charge in [-0.1, -0.05) is 0 Å². The number of nitriles is 1. The van der Waals surface area contributed by atoms with Crippen molar-refractivity contribution in [2.75, 3.05) is 11.9 Å². The molecule has 0 unspecified atom stereocenters. The number of carboxylic acid groups (broad SMARTS) is 1. The topological polar surface area (TPSA) is 116 Å². The van der Waals surface area contributed by atoms with Crippen LogP contribution in [0.2, 0.25) is 0 Å². The average molecular weight is 303 g/mol. The lowest BCUT2D eigenvalue weighted by molar-refractivity contribution is -0.384. The maximum atomic E-state index is 11.0. The molecule has 0 saturated heterocycles. The Balaban J connectivity index is 1.96. The highest BCUT2D eigenvalue weighted by Crippen LogP contribution is 2.31. The van der Waals surface area contributed by atoms with Crippen molar-refractivity contribution < 1.29 is 14.8 Å². The molecule has 0 amide bonds. The minimum atomic E-state index is -0.742. The van der Waals surface area contributed by atoms with E-state index in [1.165, 1.54) is 12.1 Å². The van der Waals surface area contributed by atoms with E-state index >= 15 is 0 Å². The molecule has 7 heteroatoms. The molecule has 1 aromatic rings. The summed E-state index contributed by atoms with van der Waals surface area (Å²) < 4.78 is 0. The number of hydrogen-bond acceptors (Lipinski definition) is 5. The molecule has 0 aliphatic heterocycles. The van der Waals surface area contributed by atoms with Crippen LogP contribution in [0.4, 0.5) is 11.4 Å². The van der Waals surface area contributed by atoms with Gasteiger partial charge in [0.2, 0.25) is 0 Å². The SMILES string of the molecule is N#Cc1ccc(NC[C@H]2CC[C@H](C(=O)O)CC2)c([N+](=O)[O-])c1. The zero-order valence-electron chi connectivity index (χ0n) is 12.0. The second-order valence-corrected chi connectivity index (χ2v) is 5.54. The molecule has 22 heavy (non-hydrogen) atoms. The van der Waals surface area contributed by atoms with Gasteiger partial charge in [-0.2, -0.15) is 5.26 Å². The highest BCUT2D eigenvalue weighted by molar-refractivity contribution is 5.70. The monoisotopic (exact) mass is 303 g/mol. The molecule has 116 valence electrons. The Kier molecular flexibility index (Phi) is 4.94. The molecular weight excluding hydrogens is 286 g/mol. The van der Waals surface area contributed by atoms with Gasteiger partial charge in [0.15, 0.2) is 0 Å². The maximum Gasteiger partial charge on any atom is 0.306 e. The third kappa shape index (κ3) is 3.73. The molecule has 2 rings (SSSR count). The quantitative estimate of drug-likeness (QED) is 0.638. The van der Waals surface area contributed by atoms with Crippen LogP contribution in [-0.2, 0) is 4.79 Å². The zero-order chi connectivity index (χ0) is 16.1. The van der Waals surface area contributed by atoms with Crippen molar-refractivity contribution in [3.05, 3.63) is 33.9 Å². The number of nitro benzene ring substituents is 1. The van der Waals surface area contributed by atoms with E-state index in [4.69, 9.17) is 10.4 Å². The molecule has 1 saturated carbocycles. The van der Waals surface area contributed by atoms with Gasteiger partial charge in [0.1, 0.15) is 5.69 Å². The van der Waals surface area contributed by atoms with Gasteiger partial charge >= 0.3 is 5.97 Å². The predicted molar refractivity (Wildman–Crippen MR) is 79.4 cm³/mol. The third-order valence-electron chi connectivity index (χ3n) is 4.10. The summed E-state index contributed by atoms with van der Waals surface area (Å²) >= 11 is 0. The van der Waals surface area contributed by atoms with Gasteiger partial charge in [0, 0.05) is 12.6 Å². The van der Waals surface area contributed by atoms with Crippen molar-refractivity contribution in [1.29, 1.82) is 5.26 Å². The van der Waals surface area contributed by atoms with Crippen LogP contribution in [0.3, 0.4) is 0 Å². The van der Waals surface area contributed by atoms with Crippen LogP contribution in [0, 0.1) is 33.3 Å². The van der Waals surface area contributed by atoms with Crippen molar-refractivity contribution in [1.82, 2.24) is 0 Å². The molecule has 0 bridgehead atoms. The first-order valence-corrected chi connectivity index (χ1v) is 7.16. The van der Waals surface area contributed by atoms with Crippen LogP contribution in [-0.4, -0.2) is 22.5 Å². The van der Waals surface area contributed by atoms with Crippen molar-refractivity contribution >= 4 is 17.3 Å². The van der Waals surface area contributed by atoms with Gasteiger partial charge in [-0.25, -0.2) is 0 Å². The average Bonchev–Trinajstić information content (AvgIpc) is 2.53. The third-order valence-corrected chi connectivity index (χ3v) is 4.10. The first-order chi connectivity index (χ1) is 10.5. The van der Waals surface area contributed by atoms with Crippen molar-refractivity contribution in [3.8, 4) is 6.07 Å². The molecule has 2 N–H and O–H groups in total. The number of nitrogens with zero attached hydrogens (tertiary/aromatic N) is 2. The summed E-state index contributed by atoms with van der Waals surface area (Å²) in [5, 5.41) is 31.9. The van der Waals surface area contributed by atoms with Crippen LogP contribution in [0.1, 0.15) is 31.2 Å². The number of aliphatic carboxylic acids is 1. The molecule has 0 spiro atoms. The predicted octanol–water partition coefficient (Wildman–Crippen LogP) is 2.77. The largest absolute Gasteiger partial charge is 0.481 e. The van der Waals surface area contributed by atoms with E-state index in [1.54, 1.807) is 6.07 Å². The van der Waals surface area contributed by atoms with E-state index in [2.05, 4.69) is 5.32 Å². The number of nitro groups is 1. The van der Waals surface area contributed by atoms with Gasteiger partial charge in [-0.15, -0.1) is 0 Å². The Morgan fingerprint density at radius 3 is 2.64 bits per heavy atom. The zero-order valence-corrected chi connectivity index (χ0v) is 12.0. The van der Waals surface area contributed by atoms with E-state index in [-0.39, 0.29) is 17.2 Å². The molecule has 1 aliphatic rings. The Labute approximate surface area is 127 Å². The highest BCUT2D eigenvalue weighted by Gasteiger charge is 2.26. The van der Waals surface area contributed by atoms with Crippen LogP contribution in [0.5, 0.6) is 0 Å². The lowest BCUT2D eigenvalue weighted by Crippen LogP contribution is -2.25. The van der Waals surface area contributed by atoms with Crippen LogP contribution in [0.15, 0.2) is 18.2 Å². The Hall–Kier alpha value is -2.62. The second kappa shape index (κ2) is 6.89. The second-order valence-electron chi connectivity index (χ2n) is 5.54. The molecule has 1 fully saturated rings. The van der Waals surface area contributed by atoms with E-state index in [1.807, 2.05) is 6.07 Å². The van der Waals surface area contributed by atoms with E-state index in [9.17, 15) is 14.9 Å². The molecule has 0 radical (unpaired) electrons. The lowest BCUT2D eigenvalue weighted by atomic mass is 9.82. The Morgan fingerprint density at radius 1 is 1.41 bits per heavy atom. The van der Waals surface area contributed by atoms with Crippen LogP contribution in [0.25, 0.3) is 0 Å². The number of nitrogens with one attached hydrogen (secondary N) is 1. The molecule has 0 aromatic heterocycles. The summed E-state index contributed by atoms with van der Waals surface area (Å²) in [6.45, 7) is 0.569. The fourth-order valence-electron chi connectivity index (χ4n) is 2.77. The summed E-state index contributed by atoms with van der Waals surface area (Å²) in [4.78, 5) is 21.4. The number of rotatable bonds is 5. The molecule has 1 aliphatic carbocycles. The first-order valence-electron chi connectivity index (χ1n) is 7.16. The first kappa shape index (κ1) is 15.8. The Morgan fingerprint density at radius 2 is 2.09 bits per heavy atom. The fourth-order valence-corrected chi connectivity index (χ4v) is 2.77. The Bertz CT molecular complexity index is 616. The summed E-state index contributed by atoms with van der Waals surface area (Å²) in [5.41, 5.74) is 0.529. The summed E-state index contributed by atoms with van der Waals surface area (Å²) in [5.74, 6) is -0.694. The van der Waals surface area contributed by atoms with Gasteiger partial charge in [0.05, 0.1) is 22.5 Å². The lowest BCUT2D eigenvalue weighted by Gasteiger charge is -2.26. The standard InChI is InChI=1S/C15H17N3O4/c16-8-11-3-6-13(14(7-11)18(21)22)17-9-10-1-4-12(5-2-10)15(19)20/h3,6-7,10,12,17H,1-2,4-5,9H2,(H,19,20)/t10-,12-. The van der Waals surface area contributed by atoms with Gasteiger partial charge in [-0.05, 0) is 43.7 Å². The summed E-state index contributed by atoms with van der Waals surface area (Å²) in [6, 6.07) is 6.22. The summed E-state index contributed by atoms with van der Waals surface area (Å²) in [7, 11) is 0. The van der Waals surface area contributed by atoms with Gasteiger partial charge in [-0.3, -0.25) is 14.9 Å². The number of benzene rings is 1. The fraction of sp³-hybridized carbons (Fsp3) is 0.467. The van der Waals surface area contributed by atoms with E-state index < -0.39 is 10.9 Å². The number of carboxylic acids is 1. The normalized spacial score (nSPS) is 20.9. The van der Waals surface area contributed by atoms with Gasteiger partial charge in [0.25, 0.3) is 5.69 Å². The van der Waals surface area contributed by atoms with Crippen LogP contribution >= 0.6 is 0 Å². The summed E-state index contributed by atoms with van der Waals surface area (Å²) in [6.07, 6.45) is 2.90. The van der Waals surface area contributed by atoms with E-state index in [0.717, 1.165) is 12.8 Å². The van der Waals surface area contributed by atoms with Gasteiger partial charge < -0.3 is 10.4 Å². The van der Waals surface area contributed by atoms with Crippen LogP contribution < -0.4 is 5.32 Å². The highest BCUT2D eigenvalue weighted by atomic mass is 16.6. The van der Waals surface area contributed by atoms with Crippen molar-refractivity contribution in [3.63, 3.8) is 0 Å². The molecular formula is C15H17N3O4.